The Labute approximate surface area is 127 Å². The molecule has 6 heteroatoms. The highest BCUT2D eigenvalue weighted by atomic mass is 127. The van der Waals surface area contributed by atoms with Crippen LogP contribution < -0.4 is 11.1 Å². The van der Waals surface area contributed by atoms with Crippen LogP contribution in [0, 0.1) is 5.92 Å². The van der Waals surface area contributed by atoms with Gasteiger partial charge in [-0.2, -0.15) is 0 Å². The zero-order valence-electron chi connectivity index (χ0n) is 11.4. The number of hydrogen-bond donors (Lipinski definition) is 2. The van der Waals surface area contributed by atoms with Crippen LogP contribution in [-0.2, 0) is 0 Å². The van der Waals surface area contributed by atoms with Gasteiger partial charge in [-0.3, -0.25) is 14.8 Å². The molecule has 0 aromatic rings. The maximum Gasteiger partial charge on any atom is 0.188 e. The molecule has 3 N–H and O–H groups in total. The summed E-state index contributed by atoms with van der Waals surface area (Å²) in [5.41, 5.74) is 5.84. The van der Waals surface area contributed by atoms with Crippen molar-refractivity contribution in [3.8, 4) is 0 Å². The van der Waals surface area contributed by atoms with Gasteiger partial charge in [-0.05, 0) is 5.92 Å². The van der Waals surface area contributed by atoms with Crippen LogP contribution in [0.2, 0.25) is 0 Å². The summed E-state index contributed by atoms with van der Waals surface area (Å²) in [6.07, 6.45) is 0. The third kappa shape index (κ3) is 4.55. The molecule has 106 valence electrons. The fourth-order valence-electron chi connectivity index (χ4n) is 2.48. The first-order valence-electron chi connectivity index (χ1n) is 6.65. The van der Waals surface area contributed by atoms with Crippen molar-refractivity contribution < 1.29 is 0 Å². The minimum atomic E-state index is 0. The van der Waals surface area contributed by atoms with Crippen LogP contribution in [0.5, 0.6) is 0 Å². The number of guanidine groups is 1. The molecular formula is C12H26IN5. The predicted octanol–water partition coefficient (Wildman–Crippen LogP) is 0.165. The van der Waals surface area contributed by atoms with Crippen LogP contribution in [0.3, 0.4) is 0 Å². The minimum absolute atomic E-state index is 0. The van der Waals surface area contributed by atoms with Gasteiger partial charge in [0.15, 0.2) is 5.96 Å². The summed E-state index contributed by atoms with van der Waals surface area (Å²) >= 11 is 0. The summed E-state index contributed by atoms with van der Waals surface area (Å²) < 4.78 is 0. The molecule has 0 saturated carbocycles. The number of nitrogens with zero attached hydrogens (tertiary/aromatic N) is 3. The summed E-state index contributed by atoms with van der Waals surface area (Å²) in [6, 6.07) is 0.602. The Morgan fingerprint density at radius 1 is 1.33 bits per heavy atom. The zero-order valence-corrected chi connectivity index (χ0v) is 13.8. The molecule has 0 aromatic carbocycles. The fraction of sp³-hybridized carbons (Fsp3) is 0.917. The van der Waals surface area contributed by atoms with Gasteiger partial charge in [0.2, 0.25) is 0 Å². The Bertz CT molecular complexity index is 274. The highest BCUT2D eigenvalue weighted by molar-refractivity contribution is 14.0. The second-order valence-electron chi connectivity index (χ2n) is 5.49. The van der Waals surface area contributed by atoms with Crippen LogP contribution in [0.1, 0.15) is 13.8 Å². The number of piperazine rings is 3. The molecule has 0 amide bonds. The van der Waals surface area contributed by atoms with Gasteiger partial charge in [-0.25, -0.2) is 0 Å². The number of fused-ring (bicyclic) bond motifs is 3. The maximum absolute atomic E-state index is 5.84. The number of hydrogen-bond acceptors (Lipinski definition) is 3. The van der Waals surface area contributed by atoms with Gasteiger partial charge in [0.05, 0.1) is 0 Å². The van der Waals surface area contributed by atoms with Gasteiger partial charge in [0.1, 0.15) is 0 Å². The van der Waals surface area contributed by atoms with Crippen molar-refractivity contribution in [3.05, 3.63) is 0 Å². The molecular weight excluding hydrogens is 341 g/mol. The lowest BCUT2D eigenvalue weighted by molar-refractivity contribution is 0.0154. The Hall–Kier alpha value is -0.0800. The molecule has 5 nitrogen and oxygen atoms in total. The monoisotopic (exact) mass is 367 g/mol. The topological polar surface area (TPSA) is 56.9 Å². The van der Waals surface area contributed by atoms with Crippen molar-refractivity contribution >= 4 is 29.9 Å². The molecule has 2 bridgehead atoms. The SMILES string of the molecule is CC(C)CN=C(N)NCC1CN2CCN1CC2.I. The lowest BCUT2D eigenvalue weighted by Crippen LogP contribution is -2.63. The average molecular weight is 367 g/mol. The highest BCUT2D eigenvalue weighted by Gasteiger charge is 2.31. The van der Waals surface area contributed by atoms with Crippen LogP contribution in [0.4, 0.5) is 0 Å². The van der Waals surface area contributed by atoms with Gasteiger partial charge in [0.25, 0.3) is 0 Å². The van der Waals surface area contributed by atoms with E-state index in [0.29, 0.717) is 17.9 Å². The molecule has 0 aliphatic carbocycles. The van der Waals surface area contributed by atoms with Crippen LogP contribution in [-0.4, -0.2) is 67.6 Å². The van der Waals surface area contributed by atoms with Crippen molar-refractivity contribution in [1.29, 1.82) is 0 Å². The largest absolute Gasteiger partial charge is 0.370 e. The molecule has 3 rings (SSSR count). The first-order chi connectivity index (χ1) is 8.15. The Kier molecular flexibility index (Phi) is 6.65. The van der Waals surface area contributed by atoms with Crippen molar-refractivity contribution in [2.75, 3.05) is 45.8 Å². The average Bonchev–Trinajstić information content (AvgIpc) is 2.35. The Balaban J connectivity index is 0.00000162. The van der Waals surface area contributed by atoms with Crippen molar-refractivity contribution in [2.45, 2.75) is 19.9 Å². The molecule has 18 heavy (non-hydrogen) atoms. The molecule has 3 aliphatic rings. The maximum atomic E-state index is 5.84. The summed E-state index contributed by atoms with van der Waals surface area (Å²) in [5.74, 6) is 1.16. The van der Waals surface area contributed by atoms with E-state index in [0.717, 1.165) is 13.1 Å². The van der Waals surface area contributed by atoms with E-state index in [1.54, 1.807) is 0 Å². The van der Waals surface area contributed by atoms with Crippen LogP contribution >= 0.6 is 24.0 Å². The summed E-state index contributed by atoms with van der Waals surface area (Å²) in [4.78, 5) is 9.42. The Morgan fingerprint density at radius 3 is 2.50 bits per heavy atom. The lowest BCUT2D eigenvalue weighted by atomic mass is 10.1. The van der Waals surface area contributed by atoms with E-state index in [9.17, 15) is 0 Å². The molecule has 3 saturated heterocycles. The van der Waals surface area contributed by atoms with Gasteiger partial charge in [-0.1, -0.05) is 13.8 Å². The summed E-state index contributed by atoms with van der Waals surface area (Å²) in [6.45, 7) is 12.1. The molecule has 0 spiro atoms. The highest BCUT2D eigenvalue weighted by Crippen LogP contribution is 2.14. The van der Waals surface area contributed by atoms with Gasteiger partial charge >= 0.3 is 0 Å². The standard InChI is InChI=1S/C12H25N5.HI/c1-10(2)7-14-12(13)15-8-11-9-16-3-5-17(11)6-4-16;/h10-11H,3-9H2,1-2H3,(H3,13,14,15);1H. The number of rotatable bonds is 4. The third-order valence-electron chi connectivity index (χ3n) is 3.54. The van der Waals surface area contributed by atoms with Gasteiger partial charge in [-0.15, -0.1) is 24.0 Å². The molecule has 3 heterocycles. The Morgan fingerprint density at radius 2 is 2.00 bits per heavy atom. The normalized spacial score (nSPS) is 31.3. The van der Waals surface area contributed by atoms with Gasteiger partial charge < -0.3 is 11.1 Å². The fourth-order valence-corrected chi connectivity index (χ4v) is 2.48. The minimum Gasteiger partial charge on any atom is -0.370 e. The van der Waals surface area contributed by atoms with E-state index in [1.165, 1.54) is 32.7 Å². The van der Waals surface area contributed by atoms with E-state index in [-0.39, 0.29) is 24.0 Å². The van der Waals surface area contributed by atoms with Gasteiger partial charge in [0, 0.05) is 51.9 Å². The van der Waals surface area contributed by atoms with Crippen molar-refractivity contribution in [1.82, 2.24) is 15.1 Å². The van der Waals surface area contributed by atoms with E-state index >= 15 is 0 Å². The first-order valence-corrected chi connectivity index (χ1v) is 6.65. The number of aliphatic imine (C=N–C) groups is 1. The molecule has 1 atom stereocenters. The van der Waals surface area contributed by atoms with Crippen molar-refractivity contribution in [3.63, 3.8) is 0 Å². The van der Waals surface area contributed by atoms with E-state index in [4.69, 9.17) is 5.73 Å². The van der Waals surface area contributed by atoms with E-state index in [1.807, 2.05) is 0 Å². The number of nitrogens with one attached hydrogen (secondary N) is 1. The second-order valence-corrected chi connectivity index (χ2v) is 5.49. The number of nitrogens with two attached hydrogens (primary N) is 1. The third-order valence-corrected chi connectivity index (χ3v) is 3.54. The summed E-state index contributed by atoms with van der Waals surface area (Å²) in [5, 5.41) is 3.25. The summed E-state index contributed by atoms with van der Waals surface area (Å²) in [7, 11) is 0. The van der Waals surface area contributed by atoms with Crippen LogP contribution in [0.25, 0.3) is 0 Å². The predicted molar refractivity (Wildman–Crippen MR) is 86.5 cm³/mol. The quantitative estimate of drug-likeness (QED) is 0.423. The first kappa shape index (κ1) is 16.0. The second kappa shape index (κ2) is 7.49. The van der Waals surface area contributed by atoms with E-state index in [2.05, 4.69) is 34.0 Å². The van der Waals surface area contributed by atoms with Crippen molar-refractivity contribution in [2.24, 2.45) is 16.6 Å². The molecule has 3 aliphatic heterocycles. The smallest absolute Gasteiger partial charge is 0.188 e. The zero-order chi connectivity index (χ0) is 12.3. The molecule has 3 fully saturated rings. The van der Waals surface area contributed by atoms with E-state index < -0.39 is 0 Å². The number of halogens is 1. The van der Waals surface area contributed by atoms with Crippen LogP contribution in [0.15, 0.2) is 4.99 Å². The molecule has 0 radical (unpaired) electrons. The lowest BCUT2D eigenvalue weighted by Gasteiger charge is -2.47. The molecule has 1 unspecified atom stereocenters. The molecule has 0 aromatic heterocycles.